The van der Waals surface area contributed by atoms with Crippen molar-refractivity contribution < 1.29 is 10.0 Å². The third kappa shape index (κ3) is 3.52. The zero-order chi connectivity index (χ0) is 13.9. The van der Waals surface area contributed by atoms with Crippen LogP contribution in [0.2, 0.25) is 0 Å². The van der Waals surface area contributed by atoms with Crippen LogP contribution >= 0.6 is 11.3 Å². The van der Waals surface area contributed by atoms with E-state index >= 15 is 0 Å². The highest BCUT2D eigenvalue weighted by atomic mass is 32.1. The molecule has 1 aliphatic carbocycles. The summed E-state index contributed by atoms with van der Waals surface area (Å²) in [6.07, 6.45) is 4.18. The van der Waals surface area contributed by atoms with Gasteiger partial charge in [0.05, 0.1) is 11.5 Å². The minimum atomic E-state index is -0.363. The van der Waals surface area contributed by atoms with Crippen molar-refractivity contribution in [3.63, 3.8) is 0 Å². The molecule has 1 aliphatic rings. The number of nitrogens with zero attached hydrogens (tertiary/aromatic N) is 1. The minimum absolute atomic E-state index is 0.131. The van der Waals surface area contributed by atoms with E-state index in [1.165, 1.54) is 0 Å². The SMILES string of the molecule is CC1CCC(CO)(NCc2csc([N+](=O)[O-])c2)CC1. The molecule has 0 aromatic carbocycles. The van der Waals surface area contributed by atoms with E-state index in [9.17, 15) is 15.2 Å². The summed E-state index contributed by atoms with van der Waals surface area (Å²) < 4.78 is 0. The molecule has 1 aromatic rings. The third-order valence-electron chi connectivity index (χ3n) is 4.02. The van der Waals surface area contributed by atoms with Gasteiger partial charge in [-0.3, -0.25) is 10.1 Å². The molecule has 1 fully saturated rings. The van der Waals surface area contributed by atoms with Gasteiger partial charge >= 0.3 is 5.00 Å². The summed E-state index contributed by atoms with van der Waals surface area (Å²) in [5, 5.41) is 25.7. The van der Waals surface area contributed by atoms with Crippen LogP contribution < -0.4 is 5.32 Å². The van der Waals surface area contributed by atoms with Gasteiger partial charge in [-0.2, -0.15) is 0 Å². The Kier molecular flexibility index (Phi) is 4.54. The molecule has 0 amide bonds. The Morgan fingerprint density at radius 1 is 1.58 bits per heavy atom. The lowest BCUT2D eigenvalue weighted by molar-refractivity contribution is -0.380. The van der Waals surface area contributed by atoms with Gasteiger partial charge in [0.2, 0.25) is 0 Å². The number of thiophene rings is 1. The molecule has 0 spiro atoms. The van der Waals surface area contributed by atoms with Gasteiger partial charge in [0.25, 0.3) is 0 Å². The van der Waals surface area contributed by atoms with Crippen molar-refractivity contribution >= 4 is 16.3 Å². The number of nitrogens with one attached hydrogen (secondary N) is 1. The fraction of sp³-hybridized carbons (Fsp3) is 0.692. The standard InChI is InChI=1S/C13H20N2O3S/c1-10-2-4-13(9-16,5-3-10)14-7-11-6-12(15(17)18)19-8-11/h6,8,10,14,16H,2-5,7,9H2,1H3. The Morgan fingerprint density at radius 2 is 2.26 bits per heavy atom. The lowest BCUT2D eigenvalue weighted by atomic mass is 9.77. The van der Waals surface area contributed by atoms with Crippen molar-refractivity contribution in [3.05, 3.63) is 27.1 Å². The van der Waals surface area contributed by atoms with E-state index < -0.39 is 0 Å². The highest BCUT2D eigenvalue weighted by Gasteiger charge is 2.33. The molecule has 6 heteroatoms. The van der Waals surface area contributed by atoms with E-state index in [0.717, 1.165) is 48.5 Å². The van der Waals surface area contributed by atoms with Gasteiger partial charge in [-0.25, -0.2) is 0 Å². The quantitative estimate of drug-likeness (QED) is 0.644. The van der Waals surface area contributed by atoms with E-state index in [0.29, 0.717) is 6.54 Å². The molecular weight excluding hydrogens is 264 g/mol. The van der Waals surface area contributed by atoms with Crippen LogP contribution in [0.1, 0.15) is 38.2 Å². The van der Waals surface area contributed by atoms with E-state index in [2.05, 4.69) is 12.2 Å². The van der Waals surface area contributed by atoms with Gasteiger partial charge in [0, 0.05) is 23.5 Å². The Balaban J connectivity index is 1.93. The first kappa shape index (κ1) is 14.4. The summed E-state index contributed by atoms with van der Waals surface area (Å²) >= 11 is 1.15. The first-order valence-electron chi connectivity index (χ1n) is 6.62. The van der Waals surface area contributed by atoms with Crippen molar-refractivity contribution in [2.24, 2.45) is 5.92 Å². The highest BCUT2D eigenvalue weighted by Crippen LogP contribution is 2.32. The highest BCUT2D eigenvalue weighted by molar-refractivity contribution is 7.13. The molecule has 1 heterocycles. The summed E-state index contributed by atoms with van der Waals surface area (Å²) in [5.74, 6) is 0.726. The third-order valence-corrected chi connectivity index (χ3v) is 4.95. The maximum atomic E-state index is 10.6. The fourth-order valence-electron chi connectivity index (χ4n) is 2.55. The molecule has 5 nitrogen and oxygen atoms in total. The normalized spacial score (nSPS) is 27.4. The van der Waals surface area contributed by atoms with Crippen LogP contribution in [0.4, 0.5) is 5.00 Å². The topological polar surface area (TPSA) is 75.4 Å². The lowest BCUT2D eigenvalue weighted by Gasteiger charge is -2.39. The Hall–Kier alpha value is -0.980. The summed E-state index contributed by atoms with van der Waals surface area (Å²) in [5.41, 5.74) is 0.714. The largest absolute Gasteiger partial charge is 0.394 e. The van der Waals surface area contributed by atoms with Gasteiger partial charge in [0.1, 0.15) is 0 Å². The van der Waals surface area contributed by atoms with Crippen LogP contribution in [0.3, 0.4) is 0 Å². The summed E-state index contributed by atoms with van der Waals surface area (Å²) in [6, 6.07) is 1.61. The number of aliphatic hydroxyl groups excluding tert-OH is 1. The van der Waals surface area contributed by atoms with E-state index in [4.69, 9.17) is 0 Å². The van der Waals surface area contributed by atoms with Crippen LogP contribution in [0.25, 0.3) is 0 Å². The van der Waals surface area contributed by atoms with Crippen molar-refractivity contribution in [2.45, 2.75) is 44.7 Å². The Bertz CT molecular complexity index is 439. The molecule has 1 aromatic heterocycles. The van der Waals surface area contributed by atoms with Gasteiger partial charge in [-0.05, 0) is 37.2 Å². The summed E-state index contributed by atoms with van der Waals surface area (Å²) in [7, 11) is 0. The van der Waals surface area contributed by atoms with Gasteiger partial charge in [-0.15, -0.1) is 0 Å². The second kappa shape index (κ2) is 5.98. The molecule has 0 radical (unpaired) electrons. The average Bonchev–Trinajstić information content (AvgIpc) is 2.88. The Labute approximate surface area is 116 Å². The molecule has 0 unspecified atom stereocenters. The zero-order valence-corrected chi connectivity index (χ0v) is 11.9. The van der Waals surface area contributed by atoms with Crippen LogP contribution in [-0.4, -0.2) is 22.2 Å². The van der Waals surface area contributed by atoms with Crippen LogP contribution in [0.15, 0.2) is 11.4 Å². The molecule has 0 atom stereocenters. The number of hydrogen-bond acceptors (Lipinski definition) is 5. The predicted molar refractivity (Wildman–Crippen MR) is 75.3 cm³/mol. The van der Waals surface area contributed by atoms with Crippen molar-refractivity contribution in [2.75, 3.05) is 6.61 Å². The van der Waals surface area contributed by atoms with E-state index in [1.807, 2.05) is 5.38 Å². The minimum Gasteiger partial charge on any atom is -0.394 e. The number of hydrogen-bond donors (Lipinski definition) is 2. The molecule has 1 saturated carbocycles. The van der Waals surface area contributed by atoms with Crippen LogP contribution in [-0.2, 0) is 6.54 Å². The molecule has 2 N–H and O–H groups in total. The molecule has 0 bridgehead atoms. The fourth-order valence-corrected chi connectivity index (χ4v) is 3.28. The van der Waals surface area contributed by atoms with Crippen molar-refractivity contribution in [3.8, 4) is 0 Å². The molecular formula is C13H20N2O3S. The van der Waals surface area contributed by atoms with E-state index in [-0.39, 0.29) is 22.1 Å². The second-order valence-electron chi connectivity index (χ2n) is 5.52. The predicted octanol–water partition coefficient (Wildman–Crippen LogP) is 2.69. The van der Waals surface area contributed by atoms with Gasteiger partial charge in [0.15, 0.2) is 0 Å². The second-order valence-corrected chi connectivity index (χ2v) is 6.41. The molecule has 0 saturated heterocycles. The smallest absolute Gasteiger partial charge is 0.324 e. The summed E-state index contributed by atoms with van der Waals surface area (Å²) in [6.45, 7) is 2.95. The molecule has 106 valence electrons. The molecule has 2 rings (SSSR count). The first-order chi connectivity index (χ1) is 9.04. The monoisotopic (exact) mass is 284 g/mol. The maximum absolute atomic E-state index is 10.6. The van der Waals surface area contributed by atoms with E-state index in [1.54, 1.807) is 6.07 Å². The number of nitro groups is 1. The number of rotatable bonds is 5. The van der Waals surface area contributed by atoms with Crippen molar-refractivity contribution in [1.29, 1.82) is 0 Å². The van der Waals surface area contributed by atoms with Gasteiger partial charge < -0.3 is 10.4 Å². The van der Waals surface area contributed by atoms with Crippen LogP contribution in [0.5, 0.6) is 0 Å². The zero-order valence-electron chi connectivity index (χ0n) is 11.1. The maximum Gasteiger partial charge on any atom is 0.324 e. The first-order valence-corrected chi connectivity index (χ1v) is 7.50. The Morgan fingerprint density at radius 3 is 2.79 bits per heavy atom. The van der Waals surface area contributed by atoms with Crippen LogP contribution in [0, 0.1) is 16.0 Å². The number of aliphatic hydroxyl groups is 1. The summed E-state index contributed by atoms with van der Waals surface area (Å²) in [4.78, 5) is 10.3. The lowest BCUT2D eigenvalue weighted by Crippen LogP contribution is -2.50. The molecule has 19 heavy (non-hydrogen) atoms. The average molecular weight is 284 g/mol. The van der Waals surface area contributed by atoms with Gasteiger partial charge in [-0.1, -0.05) is 18.3 Å². The van der Waals surface area contributed by atoms with Crippen molar-refractivity contribution in [1.82, 2.24) is 5.32 Å². The molecule has 0 aliphatic heterocycles.